The van der Waals surface area contributed by atoms with E-state index in [1.165, 1.54) is 6.20 Å². The van der Waals surface area contributed by atoms with Crippen LogP contribution in [0.1, 0.15) is 22.3 Å². The normalized spacial score (nSPS) is 19.4. The minimum Gasteiger partial charge on any atom is -0.379 e. The van der Waals surface area contributed by atoms with Crippen LogP contribution in [0.4, 0.5) is 11.5 Å². The second kappa shape index (κ2) is 7.47. The summed E-state index contributed by atoms with van der Waals surface area (Å²) in [6.45, 7) is 0.849. The highest BCUT2D eigenvalue weighted by atomic mass is 16.5. The Morgan fingerprint density at radius 1 is 1.32 bits per heavy atom. The van der Waals surface area contributed by atoms with E-state index in [9.17, 15) is 10.1 Å². The Hall–Kier alpha value is -3.36. The van der Waals surface area contributed by atoms with Crippen molar-refractivity contribution in [2.45, 2.75) is 12.5 Å². The van der Waals surface area contributed by atoms with Crippen molar-refractivity contribution in [2.24, 2.45) is 5.92 Å². The van der Waals surface area contributed by atoms with E-state index in [1.807, 2.05) is 6.07 Å². The molecule has 2 atom stereocenters. The lowest BCUT2D eigenvalue weighted by atomic mass is 9.96. The predicted molar refractivity (Wildman–Crippen MR) is 88.8 cm³/mol. The molecule has 1 aromatic heterocycles. The van der Waals surface area contributed by atoms with Crippen LogP contribution in [0.25, 0.3) is 0 Å². The van der Waals surface area contributed by atoms with Crippen LogP contribution in [0.3, 0.4) is 0 Å². The number of ether oxygens (including phenoxy) is 1. The van der Waals surface area contributed by atoms with Crippen LogP contribution in [-0.2, 0) is 4.74 Å². The van der Waals surface area contributed by atoms with E-state index in [-0.39, 0.29) is 17.9 Å². The maximum absolute atomic E-state index is 12.5. The maximum Gasteiger partial charge on any atom is 0.257 e. The number of nitrogens with one attached hydrogen (secondary N) is 3. The van der Waals surface area contributed by atoms with Crippen LogP contribution in [0, 0.1) is 28.6 Å². The van der Waals surface area contributed by atoms with E-state index < -0.39 is 0 Å². The van der Waals surface area contributed by atoms with Crippen molar-refractivity contribution < 1.29 is 9.53 Å². The van der Waals surface area contributed by atoms with Crippen molar-refractivity contribution in [3.63, 3.8) is 0 Å². The average molecular weight is 336 g/mol. The molecule has 2 aromatic rings. The highest BCUT2D eigenvalue weighted by Gasteiger charge is 2.28. The van der Waals surface area contributed by atoms with Gasteiger partial charge in [0, 0.05) is 12.3 Å². The molecular formula is C17H16N6O2. The van der Waals surface area contributed by atoms with Gasteiger partial charge in [-0.05, 0) is 30.7 Å². The van der Waals surface area contributed by atoms with Gasteiger partial charge in [-0.1, -0.05) is 0 Å². The third kappa shape index (κ3) is 3.77. The zero-order valence-electron chi connectivity index (χ0n) is 13.3. The number of hydrogen-bond donors (Lipinski definition) is 3. The molecule has 1 saturated heterocycles. The molecule has 2 unspecified atom stereocenters. The van der Waals surface area contributed by atoms with Crippen molar-refractivity contribution >= 4 is 17.4 Å². The lowest BCUT2D eigenvalue weighted by molar-refractivity contribution is 0.0472. The first-order valence-corrected chi connectivity index (χ1v) is 7.80. The number of benzene rings is 1. The number of carbonyl (C=O) groups is 1. The largest absolute Gasteiger partial charge is 0.379 e. The quantitative estimate of drug-likeness (QED) is 0.779. The summed E-state index contributed by atoms with van der Waals surface area (Å²) in [5.41, 5.74) is 1.60. The fourth-order valence-electron chi connectivity index (χ4n) is 2.61. The molecule has 1 aromatic carbocycles. The fourth-order valence-corrected chi connectivity index (χ4v) is 2.61. The molecule has 1 aliphatic rings. The zero-order valence-corrected chi connectivity index (χ0v) is 13.3. The second-order valence-electron chi connectivity index (χ2n) is 5.65. The van der Waals surface area contributed by atoms with Gasteiger partial charge in [-0.15, -0.1) is 0 Å². The summed E-state index contributed by atoms with van der Waals surface area (Å²) in [4.78, 5) is 12.5. The van der Waals surface area contributed by atoms with E-state index in [2.05, 4.69) is 26.9 Å². The van der Waals surface area contributed by atoms with Crippen LogP contribution in [-0.4, -0.2) is 35.4 Å². The molecule has 0 bridgehead atoms. The zero-order chi connectivity index (χ0) is 17.6. The summed E-state index contributed by atoms with van der Waals surface area (Å²) in [5.74, 6) is -0.160. The lowest BCUT2D eigenvalue weighted by Crippen LogP contribution is -2.46. The molecule has 1 fully saturated rings. The van der Waals surface area contributed by atoms with Gasteiger partial charge >= 0.3 is 0 Å². The molecule has 2 heterocycles. The maximum atomic E-state index is 12.5. The number of rotatable bonds is 4. The molecule has 126 valence electrons. The van der Waals surface area contributed by atoms with Gasteiger partial charge < -0.3 is 15.4 Å². The predicted octanol–water partition coefficient (Wildman–Crippen LogP) is 1.68. The molecule has 8 heteroatoms. The van der Waals surface area contributed by atoms with Gasteiger partial charge in [-0.25, -0.2) is 0 Å². The summed E-state index contributed by atoms with van der Waals surface area (Å²) in [5, 5.41) is 30.6. The highest BCUT2D eigenvalue weighted by Crippen LogP contribution is 2.20. The number of anilines is 2. The summed E-state index contributed by atoms with van der Waals surface area (Å²) < 4.78 is 5.35. The van der Waals surface area contributed by atoms with Crippen molar-refractivity contribution in [2.75, 3.05) is 18.5 Å². The molecule has 1 amide bonds. The van der Waals surface area contributed by atoms with Gasteiger partial charge in [0.25, 0.3) is 5.91 Å². The third-order valence-corrected chi connectivity index (χ3v) is 4.01. The Bertz CT molecular complexity index is 830. The van der Waals surface area contributed by atoms with Gasteiger partial charge in [0.15, 0.2) is 0 Å². The monoisotopic (exact) mass is 336 g/mol. The number of aromatic nitrogens is 2. The minimum absolute atomic E-state index is 0.264. The van der Waals surface area contributed by atoms with Crippen molar-refractivity contribution in [3.05, 3.63) is 41.6 Å². The van der Waals surface area contributed by atoms with Crippen LogP contribution in [0.5, 0.6) is 0 Å². The molecule has 0 spiro atoms. The Morgan fingerprint density at radius 3 is 2.84 bits per heavy atom. The molecule has 0 radical (unpaired) electrons. The number of carbonyl (C=O) groups excluding carboxylic acids is 1. The standard InChI is InChI=1S/C17H16N6O2/c18-7-11-1-3-13(4-2-11)21-16-14(9-20-23-16)17(24)22-15-10-25-6-5-12(15)8-19/h1-4,9,12,15H,5-6,10H2,(H,22,24)(H2,20,21,23). The van der Waals surface area contributed by atoms with Gasteiger partial charge in [-0.2, -0.15) is 15.6 Å². The molecule has 3 rings (SSSR count). The fraction of sp³-hybridized carbons (Fsp3) is 0.294. The van der Waals surface area contributed by atoms with E-state index in [4.69, 9.17) is 10.00 Å². The van der Waals surface area contributed by atoms with Gasteiger partial charge in [-0.3, -0.25) is 9.89 Å². The number of nitriles is 2. The molecule has 3 N–H and O–H groups in total. The lowest BCUT2D eigenvalue weighted by Gasteiger charge is -2.27. The summed E-state index contributed by atoms with van der Waals surface area (Å²) in [7, 11) is 0. The molecule has 25 heavy (non-hydrogen) atoms. The summed E-state index contributed by atoms with van der Waals surface area (Å²) in [6, 6.07) is 10.7. The molecule has 0 saturated carbocycles. The van der Waals surface area contributed by atoms with E-state index in [1.54, 1.807) is 24.3 Å². The first-order valence-electron chi connectivity index (χ1n) is 7.80. The average Bonchev–Trinajstić information content (AvgIpc) is 3.11. The number of aromatic amines is 1. The van der Waals surface area contributed by atoms with E-state index in [0.29, 0.717) is 42.3 Å². The van der Waals surface area contributed by atoms with Crippen molar-refractivity contribution in [3.8, 4) is 12.1 Å². The Labute approximate surface area is 144 Å². The molecule has 8 nitrogen and oxygen atoms in total. The topological polar surface area (TPSA) is 127 Å². The van der Waals surface area contributed by atoms with Crippen molar-refractivity contribution in [1.82, 2.24) is 15.5 Å². The minimum atomic E-state index is -0.344. The number of H-pyrrole nitrogens is 1. The first-order chi connectivity index (χ1) is 12.2. The Kier molecular flexibility index (Phi) is 4.93. The number of hydrogen-bond acceptors (Lipinski definition) is 6. The smallest absolute Gasteiger partial charge is 0.257 e. The number of nitrogens with zero attached hydrogens (tertiary/aromatic N) is 3. The summed E-state index contributed by atoms with van der Waals surface area (Å²) >= 11 is 0. The summed E-state index contributed by atoms with van der Waals surface area (Å²) in [6.07, 6.45) is 2.02. The van der Waals surface area contributed by atoms with E-state index >= 15 is 0 Å². The van der Waals surface area contributed by atoms with Crippen LogP contribution >= 0.6 is 0 Å². The SMILES string of the molecule is N#Cc1ccc(Nc2[nH]ncc2C(=O)NC2COCCC2C#N)cc1. The Balaban J connectivity index is 1.71. The first kappa shape index (κ1) is 16.5. The van der Waals surface area contributed by atoms with Gasteiger partial charge in [0.1, 0.15) is 11.4 Å². The van der Waals surface area contributed by atoms with E-state index in [0.717, 1.165) is 0 Å². The van der Waals surface area contributed by atoms with Crippen LogP contribution < -0.4 is 10.6 Å². The highest BCUT2D eigenvalue weighted by molar-refractivity contribution is 5.99. The third-order valence-electron chi connectivity index (χ3n) is 4.01. The molecule has 1 aliphatic heterocycles. The molecular weight excluding hydrogens is 320 g/mol. The van der Waals surface area contributed by atoms with Crippen LogP contribution in [0.15, 0.2) is 30.5 Å². The Morgan fingerprint density at radius 2 is 2.12 bits per heavy atom. The number of amides is 1. The molecule has 0 aliphatic carbocycles. The second-order valence-corrected chi connectivity index (χ2v) is 5.65. The van der Waals surface area contributed by atoms with Crippen LogP contribution in [0.2, 0.25) is 0 Å². The van der Waals surface area contributed by atoms with Gasteiger partial charge in [0.05, 0.1) is 42.5 Å². The van der Waals surface area contributed by atoms with Gasteiger partial charge in [0.2, 0.25) is 0 Å². The van der Waals surface area contributed by atoms with Crippen molar-refractivity contribution in [1.29, 1.82) is 10.5 Å².